The Morgan fingerprint density at radius 3 is 2.80 bits per heavy atom. The molecular weight excluding hydrogens is 188 g/mol. The lowest BCUT2D eigenvalue weighted by molar-refractivity contribution is 0.288. The van der Waals surface area contributed by atoms with Crippen LogP contribution in [0.25, 0.3) is 11.3 Å². The highest BCUT2D eigenvalue weighted by molar-refractivity contribution is 5.58. The van der Waals surface area contributed by atoms with Gasteiger partial charge in [0.15, 0.2) is 0 Å². The average molecular weight is 202 g/mol. The Bertz CT molecular complexity index is 404. The molecule has 0 aliphatic carbocycles. The SMILES string of the molecule is OCCCc1cccc(-c2ccco2)c1. The van der Waals surface area contributed by atoms with Gasteiger partial charge in [-0.1, -0.05) is 18.2 Å². The number of rotatable bonds is 4. The van der Waals surface area contributed by atoms with Crippen molar-refractivity contribution in [1.29, 1.82) is 0 Å². The molecule has 1 N–H and O–H groups in total. The molecule has 1 aromatic heterocycles. The fourth-order valence-corrected chi connectivity index (χ4v) is 1.61. The first-order chi connectivity index (χ1) is 7.40. The molecule has 0 fully saturated rings. The van der Waals surface area contributed by atoms with Crippen LogP contribution < -0.4 is 0 Å². The summed E-state index contributed by atoms with van der Waals surface area (Å²) in [6, 6.07) is 12.1. The quantitative estimate of drug-likeness (QED) is 0.827. The van der Waals surface area contributed by atoms with Crippen molar-refractivity contribution in [1.82, 2.24) is 0 Å². The molecule has 78 valence electrons. The van der Waals surface area contributed by atoms with E-state index in [1.54, 1.807) is 6.26 Å². The van der Waals surface area contributed by atoms with Gasteiger partial charge in [0.25, 0.3) is 0 Å². The third kappa shape index (κ3) is 2.48. The number of hydrogen-bond donors (Lipinski definition) is 1. The first-order valence-corrected chi connectivity index (χ1v) is 5.14. The monoisotopic (exact) mass is 202 g/mol. The van der Waals surface area contributed by atoms with Gasteiger partial charge in [-0.05, 0) is 36.6 Å². The summed E-state index contributed by atoms with van der Waals surface area (Å²) < 4.78 is 5.33. The van der Waals surface area contributed by atoms with Crippen LogP contribution in [0, 0.1) is 0 Å². The lowest BCUT2D eigenvalue weighted by Gasteiger charge is -2.02. The van der Waals surface area contributed by atoms with Gasteiger partial charge in [-0.2, -0.15) is 0 Å². The van der Waals surface area contributed by atoms with E-state index in [1.807, 2.05) is 24.3 Å². The summed E-state index contributed by atoms with van der Waals surface area (Å²) in [7, 11) is 0. The molecule has 1 heterocycles. The van der Waals surface area contributed by atoms with Gasteiger partial charge in [0.05, 0.1) is 6.26 Å². The average Bonchev–Trinajstić information content (AvgIpc) is 2.80. The lowest BCUT2D eigenvalue weighted by atomic mass is 10.1. The van der Waals surface area contributed by atoms with Gasteiger partial charge in [-0.3, -0.25) is 0 Å². The van der Waals surface area contributed by atoms with E-state index in [4.69, 9.17) is 9.52 Å². The Morgan fingerprint density at radius 1 is 1.13 bits per heavy atom. The van der Waals surface area contributed by atoms with Crippen LogP contribution >= 0.6 is 0 Å². The topological polar surface area (TPSA) is 33.4 Å². The largest absolute Gasteiger partial charge is 0.464 e. The summed E-state index contributed by atoms with van der Waals surface area (Å²) >= 11 is 0. The van der Waals surface area contributed by atoms with E-state index in [0.29, 0.717) is 0 Å². The van der Waals surface area contributed by atoms with Crippen LogP contribution in [0.3, 0.4) is 0 Å². The van der Waals surface area contributed by atoms with Crippen LogP contribution in [-0.2, 0) is 6.42 Å². The smallest absolute Gasteiger partial charge is 0.133 e. The van der Waals surface area contributed by atoms with E-state index in [0.717, 1.165) is 24.2 Å². The molecule has 0 aliphatic heterocycles. The van der Waals surface area contributed by atoms with E-state index >= 15 is 0 Å². The fraction of sp³-hybridized carbons (Fsp3) is 0.231. The van der Waals surface area contributed by atoms with Crippen molar-refractivity contribution in [2.24, 2.45) is 0 Å². The van der Waals surface area contributed by atoms with Crippen LogP contribution in [0.15, 0.2) is 47.1 Å². The highest BCUT2D eigenvalue weighted by atomic mass is 16.3. The van der Waals surface area contributed by atoms with Crippen molar-refractivity contribution in [2.75, 3.05) is 6.61 Å². The fourth-order valence-electron chi connectivity index (χ4n) is 1.61. The van der Waals surface area contributed by atoms with Gasteiger partial charge in [0.2, 0.25) is 0 Å². The standard InChI is InChI=1S/C13H14O2/c14-8-2-5-11-4-1-6-12(10-11)13-7-3-9-15-13/h1,3-4,6-7,9-10,14H,2,5,8H2. The molecule has 2 rings (SSSR count). The second kappa shape index (κ2) is 4.80. The van der Waals surface area contributed by atoms with Gasteiger partial charge in [-0.25, -0.2) is 0 Å². The molecule has 0 amide bonds. The maximum Gasteiger partial charge on any atom is 0.133 e. The van der Waals surface area contributed by atoms with E-state index in [1.165, 1.54) is 5.56 Å². The minimum Gasteiger partial charge on any atom is -0.464 e. The summed E-state index contributed by atoms with van der Waals surface area (Å²) in [6.07, 6.45) is 3.39. The second-order valence-electron chi connectivity index (χ2n) is 3.50. The minimum absolute atomic E-state index is 0.241. The zero-order chi connectivity index (χ0) is 10.5. The number of hydrogen-bond acceptors (Lipinski definition) is 2. The van der Waals surface area contributed by atoms with Crippen LogP contribution in [0.5, 0.6) is 0 Å². The normalized spacial score (nSPS) is 10.5. The van der Waals surface area contributed by atoms with Crippen LogP contribution in [0.4, 0.5) is 0 Å². The summed E-state index contributed by atoms with van der Waals surface area (Å²) in [6.45, 7) is 0.241. The van der Waals surface area contributed by atoms with Gasteiger partial charge >= 0.3 is 0 Å². The van der Waals surface area contributed by atoms with Gasteiger partial charge in [0, 0.05) is 12.2 Å². The molecule has 1 aromatic carbocycles. The minimum atomic E-state index is 0.241. The zero-order valence-corrected chi connectivity index (χ0v) is 8.52. The molecule has 0 atom stereocenters. The maximum absolute atomic E-state index is 8.76. The summed E-state index contributed by atoms with van der Waals surface area (Å²) in [4.78, 5) is 0. The Labute approximate surface area is 89.2 Å². The van der Waals surface area contributed by atoms with Gasteiger partial charge < -0.3 is 9.52 Å². The Morgan fingerprint density at radius 2 is 2.07 bits per heavy atom. The first kappa shape index (κ1) is 9.99. The number of aliphatic hydroxyl groups is 1. The maximum atomic E-state index is 8.76. The van der Waals surface area contributed by atoms with Gasteiger partial charge in [-0.15, -0.1) is 0 Å². The molecule has 0 saturated carbocycles. The highest BCUT2D eigenvalue weighted by Crippen LogP contribution is 2.21. The van der Waals surface area contributed by atoms with Crippen LogP contribution in [0.2, 0.25) is 0 Å². The molecule has 2 aromatic rings. The zero-order valence-electron chi connectivity index (χ0n) is 8.52. The lowest BCUT2D eigenvalue weighted by Crippen LogP contribution is -1.89. The Hall–Kier alpha value is -1.54. The number of furan rings is 1. The van der Waals surface area contributed by atoms with E-state index < -0.39 is 0 Å². The third-order valence-electron chi connectivity index (χ3n) is 2.36. The summed E-state index contributed by atoms with van der Waals surface area (Å²) in [5.41, 5.74) is 2.33. The third-order valence-corrected chi connectivity index (χ3v) is 2.36. The van der Waals surface area contributed by atoms with E-state index in [2.05, 4.69) is 12.1 Å². The molecular formula is C13H14O2. The molecule has 0 spiro atoms. The van der Waals surface area contributed by atoms with Crippen molar-refractivity contribution in [3.63, 3.8) is 0 Å². The summed E-state index contributed by atoms with van der Waals surface area (Å²) in [5, 5.41) is 8.76. The van der Waals surface area contributed by atoms with Crippen molar-refractivity contribution in [3.05, 3.63) is 48.2 Å². The Kier molecular flexibility index (Phi) is 3.20. The van der Waals surface area contributed by atoms with Crippen molar-refractivity contribution in [2.45, 2.75) is 12.8 Å². The molecule has 0 radical (unpaired) electrons. The van der Waals surface area contributed by atoms with Crippen molar-refractivity contribution in [3.8, 4) is 11.3 Å². The van der Waals surface area contributed by atoms with Crippen LogP contribution in [-0.4, -0.2) is 11.7 Å². The Balaban J connectivity index is 2.19. The van der Waals surface area contributed by atoms with Crippen molar-refractivity contribution >= 4 is 0 Å². The predicted octanol–water partition coefficient (Wildman–Crippen LogP) is 2.87. The van der Waals surface area contributed by atoms with Gasteiger partial charge in [0.1, 0.15) is 5.76 Å². The van der Waals surface area contributed by atoms with Crippen LogP contribution in [0.1, 0.15) is 12.0 Å². The first-order valence-electron chi connectivity index (χ1n) is 5.14. The molecule has 0 unspecified atom stereocenters. The number of benzene rings is 1. The molecule has 2 nitrogen and oxygen atoms in total. The molecule has 2 heteroatoms. The number of aliphatic hydroxyl groups excluding tert-OH is 1. The van der Waals surface area contributed by atoms with Crippen molar-refractivity contribution < 1.29 is 9.52 Å². The number of aryl methyl sites for hydroxylation is 1. The van der Waals surface area contributed by atoms with E-state index in [9.17, 15) is 0 Å². The highest BCUT2D eigenvalue weighted by Gasteiger charge is 2.01. The molecule has 0 bridgehead atoms. The second-order valence-corrected chi connectivity index (χ2v) is 3.50. The molecule has 0 aliphatic rings. The predicted molar refractivity (Wildman–Crippen MR) is 59.6 cm³/mol. The summed E-state index contributed by atoms with van der Waals surface area (Å²) in [5.74, 6) is 0.890. The molecule has 0 saturated heterocycles. The molecule has 15 heavy (non-hydrogen) atoms. The van der Waals surface area contributed by atoms with E-state index in [-0.39, 0.29) is 6.61 Å².